The maximum absolute atomic E-state index is 12.3. The summed E-state index contributed by atoms with van der Waals surface area (Å²) in [7, 11) is 0. The Morgan fingerprint density at radius 3 is 2.65 bits per heavy atom. The summed E-state index contributed by atoms with van der Waals surface area (Å²) >= 11 is 0. The number of hydrogen-bond acceptors (Lipinski definition) is 3. The van der Waals surface area contributed by atoms with Crippen LogP contribution < -0.4 is 5.32 Å². The largest absolute Gasteiger partial charge is 0.481 e. The fraction of sp³-hybridized carbons (Fsp3) is 0.556. The summed E-state index contributed by atoms with van der Waals surface area (Å²) in [5, 5.41) is 11.9. The number of nitrogens with zero attached hydrogens (tertiary/aromatic N) is 1. The molecule has 0 unspecified atom stereocenters. The predicted octanol–water partition coefficient (Wildman–Crippen LogP) is 3.24. The van der Waals surface area contributed by atoms with E-state index >= 15 is 0 Å². The van der Waals surface area contributed by atoms with Crippen molar-refractivity contribution >= 4 is 17.6 Å². The summed E-state index contributed by atoms with van der Waals surface area (Å²) in [5.41, 5.74) is 2.76. The molecule has 0 fully saturated rings. The lowest BCUT2D eigenvalue weighted by Gasteiger charge is -2.22. The van der Waals surface area contributed by atoms with Crippen LogP contribution in [-0.4, -0.2) is 28.4 Å². The van der Waals surface area contributed by atoms with E-state index in [1.807, 2.05) is 12.1 Å². The van der Waals surface area contributed by atoms with Crippen LogP contribution in [0.5, 0.6) is 0 Å². The van der Waals surface area contributed by atoms with Crippen molar-refractivity contribution in [3.8, 4) is 0 Å². The normalized spacial score (nSPS) is 14.6. The van der Waals surface area contributed by atoms with E-state index in [1.165, 1.54) is 11.1 Å². The quantitative estimate of drug-likeness (QED) is 0.810. The minimum absolute atomic E-state index is 0.0163. The summed E-state index contributed by atoms with van der Waals surface area (Å²) < 4.78 is 0. The fourth-order valence-corrected chi connectivity index (χ4v) is 3.18. The van der Waals surface area contributed by atoms with Crippen molar-refractivity contribution in [1.82, 2.24) is 4.90 Å². The molecule has 1 aliphatic rings. The monoisotopic (exact) mass is 318 g/mol. The molecule has 126 valence electrons. The lowest BCUT2D eigenvalue weighted by molar-refractivity contribution is -0.139. The first-order valence-electron chi connectivity index (χ1n) is 8.15. The Kier molecular flexibility index (Phi) is 5.42. The number of carbonyl (C=O) groups excluding carboxylic acids is 1. The average Bonchev–Trinajstić information content (AvgIpc) is 2.80. The number of carboxylic acids is 1. The number of amides is 1. The van der Waals surface area contributed by atoms with Crippen molar-refractivity contribution in [2.24, 2.45) is 5.41 Å². The molecular weight excluding hydrogens is 292 g/mol. The predicted molar refractivity (Wildman–Crippen MR) is 90.1 cm³/mol. The zero-order valence-corrected chi connectivity index (χ0v) is 14.2. The highest BCUT2D eigenvalue weighted by molar-refractivity contribution is 5.92. The van der Waals surface area contributed by atoms with Crippen LogP contribution in [0.2, 0.25) is 0 Å². The van der Waals surface area contributed by atoms with E-state index in [9.17, 15) is 9.59 Å². The van der Waals surface area contributed by atoms with Crippen LogP contribution >= 0.6 is 0 Å². The maximum atomic E-state index is 12.3. The van der Waals surface area contributed by atoms with Gasteiger partial charge in [-0.25, -0.2) is 0 Å². The van der Waals surface area contributed by atoms with Crippen molar-refractivity contribution in [2.75, 3.05) is 11.9 Å². The molecule has 1 heterocycles. The molecule has 5 nitrogen and oxygen atoms in total. The highest BCUT2D eigenvalue weighted by atomic mass is 16.4. The van der Waals surface area contributed by atoms with E-state index in [2.05, 4.69) is 23.2 Å². The number of rotatable bonds is 7. The highest BCUT2D eigenvalue weighted by Crippen LogP contribution is 2.31. The van der Waals surface area contributed by atoms with Crippen LogP contribution in [0.15, 0.2) is 18.2 Å². The zero-order chi connectivity index (χ0) is 17.0. The van der Waals surface area contributed by atoms with Gasteiger partial charge in [-0.15, -0.1) is 0 Å². The number of carboxylic acid groups (broad SMARTS) is 1. The molecule has 2 N–H and O–H groups in total. The molecule has 0 saturated carbocycles. The van der Waals surface area contributed by atoms with Crippen molar-refractivity contribution in [3.05, 3.63) is 29.3 Å². The van der Waals surface area contributed by atoms with Gasteiger partial charge in [0.05, 0.1) is 6.42 Å². The Morgan fingerprint density at radius 1 is 1.26 bits per heavy atom. The second-order valence-corrected chi connectivity index (χ2v) is 7.11. The first-order valence-corrected chi connectivity index (χ1v) is 8.15. The van der Waals surface area contributed by atoms with E-state index in [0.717, 1.165) is 31.7 Å². The Bertz CT molecular complexity index is 596. The van der Waals surface area contributed by atoms with E-state index in [1.54, 1.807) is 13.8 Å². The first kappa shape index (κ1) is 17.5. The van der Waals surface area contributed by atoms with E-state index in [-0.39, 0.29) is 18.7 Å². The molecule has 0 aromatic heterocycles. The molecule has 0 spiro atoms. The molecule has 1 aromatic rings. The minimum atomic E-state index is -0.876. The van der Waals surface area contributed by atoms with Crippen molar-refractivity contribution in [1.29, 1.82) is 0 Å². The molecule has 23 heavy (non-hydrogen) atoms. The lowest BCUT2D eigenvalue weighted by atomic mass is 9.85. The topological polar surface area (TPSA) is 69.6 Å². The minimum Gasteiger partial charge on any atom is -0.481 e. The van der Waals surface area contributed by atoms with Gasteiger partial charge >= 0.3 is 5.97 Å². The molecule has 1 aromatic carbocycles. The lowest BCUT2D eigenvalue weighted by Crippen LogP contribution is -2.25. The van der Waals surface area contributed by atoms with Crippen LogP contribution in [0.1, 0.15) is 51.2 Å². The number of nitrogens with one attached hydrogen (secondary N) is 1. The molecule has 5 heteroatoms. The number of hydrogen-bond donors (Lipinski definition) is 2. The Morgan fingerprint density at radius 2 is 2.00 bits per heavy atom. The van der Waals surface area contributed by atoms with Gasteiger partial charge in [0.1, 0.15) is 0 Å². The molecule has 0 radical (unpaired) electrons. The average molecular weight is 318 g/mol. The highest BCUT2D eigenvalue weighted by Gasteiger charge is 2.26. The Labute approximate surface area is 137 Å². The molecule has 1 aliphatic heterocycles. The van der Waals surface area contributed by atoms with Gasteiger partial charge in [0.25, 0.3) is 0 Å². The van der Waals surface area contributed by atoms with Gasteiger partial charge in [0.15, 0.2) is 0 Å². The van der Waals surface area contributed by atoms with Crippen LogP contribution in [0.4, 0.5) is 5.69 Å². The third-order valence-corrected chi connectivity index (χ3v) is 4.13. The summed E-state index contributed by atoms with van der Waals surface area (Å²) in [6, 6.07) is 6.00. The Balaban J connectivity index is 2.03. The summed E-state index contributed by atoms with van der Waals surface area (Å²) in [6.45, 7) is 8.61. The standard InChI is InChI=1S/C18H26N2O3/c1-4-8-20-11-13-6-5-7-15(14(13)12-20)19-16(21)9-18(2,3)10-17(22)23/h5-7H,4,8-12H2,1-3H3,(H,19,21)(H,22,23). The van der Waals surface area contributed by atoms with Gasteiger partial charge in [-0.2, -0.15) is 0 Å². The van der Waals surface area contributed by atoms with Crippen LogP contribution in [0.25, 0.3) is 0 Å². The third kappa shape index (κ3) is 4.79. The smallest absolute Gasteiger partial charge is 0.303 e. The Hall–Kier alpha value is -1.88. The zero-order valence-electron chi connectivity index (χ0n) is 14.2. The molecular formula is C18H26N2O3. The van der Waals surface area contributed by atoms with Crippen molar-refractivity contribution in [3.63, 3.8) is 0 Å². The molecule has 0 saturated heterocycles. The summed E-state index contributed by atoms with van der Waals surface area (Å²) in [6.07, 6.45) is 1.29. The van der Waals surface area contributed by atoms with Gasteiger partial charge in [0, 0.05) is 25.2 Å². The van der Waals surface area contributed by atoms with Crippen molar-refractivity contribution in [2.45, 2.75) is 53.1 Å². The van der Waals surface area contributed by atoms with Crippen LogP contribution in [0, 0.1) is 5.41 Å². The third-order valence-electron chi connectivity index (χ3n) is 4.13. The van der Waals surface area contributed by atoms with E-state index in [4.69, 9.17) is 5.11 Å². The van der Waals surface area contributed by atoms with Crippen LogP contribution in [-0.2, 0) is 22.7 Å². The maximum Gasteiger partial charge on any atom is 0.303 e. The van der Waals surface area contributed by atoms with E-state index < -0.39 is 11.4 Å². The van der Waals surface area contributed by atoms with Gasteiger partial charge in [0.2, 0.25) is 5.91 Å². The number of carbonyl (C=O) groups is 2. The van der Waals surface area contributed by atoms with Crippen LogP contribution in [0.3, 0.4) is 0 Å². The van der Waals surface area contributed by atoms with Crippen molar-refractivity contribution < 1.29 is 14.7 Å². The molecule has 0 atom stereocenters. The van der Waals surface area contributed by atoms with E-state index in [0.29, 0.717) is 0 Å². The summed E-state index contributed by atoms with van der Waals surface area (Å²) in [5.74, 6) is -1.00. The molecule has 1 amide bonds. The molecule has 0 aliphatic carbocycles. The molecule has 0 bridgehead atoms. The summed E-state index contributed by atoms with van der Waals surface area (Å²) in [4.78, 5) is 25.5. The van der Waals surface area contributed by atoms with Gasteiger partial charge in [-0.05, 0) is 35.6 Å². The van der Waals surface area contributed by atoms with Gasteiger partial charge in [-0.1, -0.05) is 32.9 Å². The second kappa shape index (κ2) is 7.13. The number of anilines is 1. The number of benzene rings is 1. The molecule has 2 rings (SSSR count). The SMILES string of the molecule is CCCN1Cc2cccc(NC(=O)CC(C)(C)CC(=O)O)c2C1. The van der Waals surface area contributed by atoms with Gasteiger partial charge in [-0.3, -0.25) is 14.5 Å². The number of aliphatic carboxylic acids is 1. The fourth-order valence-electron chi connectivity index (χ4n) is 3.18. The van der Waals surface area contributed by atoms with Gasteiger partial charge < -0.3 is 10.4 Å². The second-order valence-electron chi connectivity index (χ2n) is 7.11. The first-order chi connectivity index (χ1) is 10.8. The number of fused-ring (bicyclic) bond motifs is 1.